The van der Waals surface area contributed by atoms with Crippen LogP contribution in [0, 0.1) is 5.82 Å². The molecule has 2 amide bonds. The van der Waals surface area contributed by atoms with Crippen molar-refractivity contribution >= 4 is 31.1 Å². The standard InChI is InChI=1S/C37H40FN6O6P/c1-5-39-36(45)43-31-22-40-29-19-28(33(38)32(34(29)44(31)4)30-17-12-18-47-30)27-20-41-35(42-21-27)37(2,3)50-51(46,48-23-25-13-8-6-9-14-25)49-24-26-15-10-7-11-16-26/h6-11,13-16,19-21,30H,5,12,17-18,23-24H2,1-4H3,(H2,39,43,45)/t30-/m1/s1. The van der Waals surface area contributed by atoms with Crippen molar-refractivity contribution in [2.24, 2.45) is 4.99 Å². The van der Waals surface area contributed by atoms with E-state index < -0.39 is 31.4 Å². The molecule has 3 heterocycles. The molecule has 0 spiro atoms. The number of rotatable bonds is 13. The number of amides is 2. The van der Waals surface area contributed by atoms with E-state index in [1.165, 1.54) is 12.4 Å². The number of hydrogen-bond acceptors (Lipinski definition) is 10. The third kappa shape index (κ3) is 8.43. The zero-order chi connectivity index (χ0) is 36.0. The maximum absolute atomic E-state index is 16.7. The highest BCUT2D eigenvalue weighted by Crippen LogP contribution is 2.55. The Labute approximate surface area is 296 Å². The zero-order valence-electron chi connectivity index (χ0n) is 28.9. The van der Waals surface area contributed by atoms with E-state index in [1.807, 2.05) is 60.7 Å². The van der Waals surface area contributed by atoms with Gasteiger partial charge in [-0.1, -0.05) is 60.7 Å². The molecule has 2 aliphatic rings. The van der Waals surface area contributed by atoms with Crippen LogP contribution in [0.2, 0.25) is 0 Å². The second-order valence-electron chi connectivity index (χ2n) is 12.5. The van der Waals surface area contributed by atoms with Crippen molar-refractivity contribution in [3.8, 4) is 11.1 Å². The van der Waals surface area contributed by atoms with E-state index in [2.05, 4.69) is 31.5 Å². The lowest BCUT2D eigenvalue weighted by atomic mass is 9.95. The number of fused-ring (bicyclic) bond motifs is 1. The van der Waals surface area contributed by atoms with Crippen molar-refractivity contribution in [1.82, 2.24) is 20.6 Å². The largest absolute Gasteiger partial charge is 0.476 e. The number of carbonyl (C=O) groups is 1. The number of urea groups is 1. The monoisotopic (exact) mass is 714 g/mol. The van der Waals surface area contributed by atoms with Crippen molar-refractivity contribution in [3.63, 3.8) is 0 Å². The van der Waals surface area contributed by atoms with E-state index >= 15 is 4.39 Å². The van der Waals surface area contributed by atoms with Gasteiger partial charge in [-0.15, -0.1) is 0 Å². The summed E-state index contributed by atoms with van der Waals surface area (Å²) in [5.41, 5.74) is 2.07. The van der Waals surface area contributed by atoms with Gasteiger partial charge in [-0.05, 0) is 50.8 Å². The number of phosphoric ester groups is 1. The van der Waals surface area contributed by atoms with Crippen LogP contribution in [0.25, 0.3) is 11.1 Å². The van der Waals surface area contributed by atoms with Crippen molar-refractivity contribution < 1.29 is 32.1 Å². The van der Waals surface area contributed by atoms with E-state index in [4.69, 9.17) is 18.3 Å². The van der Waals surface area contributed by atoms with Gasteiger partial charge in [0.1, 0.15) is 11.4 Å². The Hall–Kier alpha value is -4.74. The van der Waals surface area contributed by atoms with Gasteiger partial charge in [-0.25, -0.2) is 28.7 Å². The fourth-order valence-electron chi connectivity index (χ4n) is 5.77. The predicted molar refractivity (Wildman–Crippen MR) is 191 cm³/mol. The van der Waals surface area contributed by atoms with Crippen LogP contribution in [0.4, 0.5) is 20.6 Å². The molecule has 0 saturated carbocycles. The summed E-state index contributed by atoms with van der Waals surface area (Å²) in [4.78, 5) is 27.4. The molecular formula is C37H40FN6O6P. The maximum Gasteiger partial charge on any atom is 0.476 e. The van der Waals surface area contributed by atoms with E-state index in [9.17, 15) is 9.36 Å². The SMILES string of the molecule is CCNC(=O)NC1=C=Nc2cc(-c3cnc(C(C)(C)OP(=O)(OCc4ccccc4)OCc4ccccc4)nc3)c(F)c([C@H]3CCCO3)c2N1C. The topological polar surface area (TPSA) is 137 Å². The van der Waals surface area contributed by atoms with Gasteiger partial charge >= 0.3 is 13.9 Å². The molecule has 0 bridgehead atoms. The van der Waals surface area contributed by atoms with Gasteiger partial charge in [0.15, 0.2) is 11.6 Å². The Balaban J connectivity index is 1.29. The normalized spacial score (nSPS) is 15.7. The molecule has 51 heavy (non-hydrogen) atoms. The molecule has 1 saturated heterocycles. The Kier molecular flexibility index (Phi) is 11.1. The lowest BCUT2D eigenvalue weighted by Crippen LogP contribution is -2.41. The minimum absolute atomic E-state index is 0.0101. The van der Waals surface area contributed by atoms with E-state index in [0.29, 0.717) is 42.1 Å². The molecule has 1 fully saturated rings. The molecular weight excluding hydrogens is 674 g/mol. The van der Waals surface area contributed by atoms with Gasteiger partial charge in [0.05, 0.1) is 30.7 Å². The van der Waals surface area contributed by atoms with Crippen LogP contribution in [0.3, 0.4) is 0 Å². The molecule has 2 N–H and O–H groups in total. The Bertz CT molecular complexity index is 1920. The predicted octanol–water partition coefficient (Wildman–Crippen LogP) is 7.84. The fourth-order valence-corrected chi connectivity index (χ4v) is 7.21. The molecule has 2 aliphatic heterocycles. The highest BCUT2D eigenvalue weighted by atomic mass is 31.2. The maximum atomic E-state index is 16.7. The first-order chi connectivity index (χ1) is 24.6. The van der Waals surface area contributed by atoms with Gasteiger partial charge in [-0.3, -0.25) is 18.9 Å². The Morgan fingerprint density at radius 3 is 2.25 bits per heavy atom. The summed E-state index contributed by atoms with van der Waals surface area (Å²) in [5, 5.41) is 5.39. The van der Waals surface area contributed by atoms with Gasteiger partial charge < -0.3 is 15.0 Å². The molecule has 3 aromatic carbocycles. The number of nitrogens with zero attached hydrogens (tertiary/aromatic N) is 4. The second kappa shape index (κ2) is 15.7. The summed E-state index contributed by atoms with van der Waals surface area (Å²) < 4.78 is 54.4. The quantitative estimate of drug-likeness (QED) is 0.133. The van der Waals surface area contributed by atoms with Crippen LogP contribution in [0.1, 0.15) is 62.2 Å². The van der Waals surface area contributed by atoms with Crippen molar-refractivity contribution in [2.45, 2.75) is 58.5 Å². The molecule has 1 aromatic heterocycles. The molecule has 266 valence electrons. The first-order valence-electron chi connectivity index (χ1n) is 16.7. The molecule has 0 radical (unpaired) electrons. The number of aliphatic imine (C=N–C) groups is 1. The smallest absolute Gasteiger partial charge is 0.373 e. The van der Waals surface area contributed by atoms with Gasteiger partial charge in [0.2, 0.25) is 0 Å². The van der Waals surface area contributed by atoms with Crippen LogP contribution >= 0.6 is 7.82 Å². The third-order valence-corrected chi connectivity index (χ3v) is 9.90. The van der Waals surface area contributed by atoms with Crippen LogP contribution < -0.4 is 15.5 Å². The molecule has 4 aromatic rings. The fraction of sp³-hybridized carbons (Fsp3) is 0.324. The first-order valence-corrected chi connectivity index (χ1v) is 18.1. The van der Waals surface area contributed by atoms with Gasteiger partial charge in [0, 0.05) is 55.2 Å². The van der Waals surface area contributed by atoms with Crippen molar-refractivity contribution in [2.75, 3.05) is 25.1 Å². The van der Waals surface area contributed by atoms with Crippen molar-refractivity contribution in [3.05, 3.63) is 113 Å². The zero-order valence-corrected chi connectivity index (χ0v) is 29.8. The van der Waals surface area contributed by atoms with Crippen LogP contribution in [0.5, 0.6) is 0 Å². The molecule has 14 heteroatoms. The summed E-state index contributed by atoms with van der Waals surface area (Å²) in [6.07, 6.45) is 3.83. The van der Waals surface area contributed by atoms with Gasteiger partial charge in [-0.2, -0.15) is 0 Å². The Morgan fingerprint density at radius 2 is 1.69 bits per heavy atom. The second-order valence-corrected chi connectivity index (χ2v) is 14.1. The van der Waals surface area contributed by atoms with Crippen LogP contribution in [0.15, 0.2) is 89.9 Å². The van der Waals surface area contributed by atoms with Crippen LogP contribution in [-0.4, -0.2) is 42.1 Å². The number of benzene rings is 3. The van der Waals surface area contributed by atoms with Crippen LogP contribution in [-0.2, 0) is 41.7 Å². The molecule has 1 atom stereocenters. The number of halogens is 1. The molecule has 0 aliphatic carbocycles. The average Bonchev–Trinajstić information content (AvgIpc) is 3.67. The highest BCUT2D eigenvalue weighted by Gasteiger charge is 2.39. The van der Waals surface area contributed by atoms with Crippen molar-refractivity contribution in [1.29, 1.82) is 0 Å². The Morgan fingerprint density at radius 1 is 1.06 bits per heavy atom. The highest BCUT2D eigenvalue weighted by molar-refractivity contribution is 7.48. The molecule has 0 unspecified atom stereocenters. The lowest BCUT2D eigenvalue weighted by molar-refractivity contribution is 0.0188. The number of ether oxygens (including phenoxy) is 1. The van der Waals surface area contributed by atoms with E-state index in [-0.39, 0.29) is 30.4 Å². The lowest BCUT2D eigenvalue weighted by Gasteiger charge is -2.30. The summed E-state index contributed by atoms with van der Waals surface area (Å²) in [6.45, 7) is 6.03. The number of aromatic nitrogens is 2. The minimum atomic E-state index is -4.18. The van der Waals surface area contributed by atoms with E-state index in [1.54, 1.807) is 38.8 Å². The molecule has 6 rings (SSSR count). The number of phosphoric acid groups is 1. The summed E-state index contributed by atoms with van der Waals surface area (Å²) in [7, 11) is -2.47. The number of anilines is 1. The number of carbonyl (C=O) groups excluding carboxylic acids is 1. The summed E-state index contributed by atoms with van der Waals surface area (Å²) in [5.74, 6) is 2.79. The summed E-state index contributed by atoms with van der Waals surface area (Å²) in [6, 6.07) is 19.7. The average molecular weight is 715 g/mol. The first kappa shape index (κ1) is 36.1. The minimum Gasteiger partial charge on any atom is -0.373 e. The molecule has 12 nitrogen and oxygen atoms in total. The van der Waals surface area contributed by atoms with Gasteiger partial charge in [0.25, 0.3) is 0 Å². The number of nitrogens with one attached hydrogen (secondary N) is 2. The third-order valence-electron chi connectivity index (χ3n) is 8.33. The number of hydrogen-bond donors (Lipinski definition) is 2. The summed E-state index contributed by atoms with van der Waals surface area (Å²) >= 11 is 0. The van der Waals surface area contributed by atoms with E-state index in [0.717, 1.165) is 17.5 Å².